The van der Waals surface area contributed by atoms with Crippen LogP contribution < -0.4 is 0 Å². The molecule has 0 aromatic heterocycles. The third kappa shape index (κ3) is 4.99. The Kier molecular flexibility index (Phi) is 6.75. The zero-order chi connectivity index (χ0) is 14.4. The first kappa shape index (κ1) is 16.2. The molecule has 0 radical (unpaired) electrons. The van der Waals surface area contributed by atoms with E-state index in [4.69, 9.17) is 5.11 Å². The molecule has 2 rings (SSSR count). The van der Waals surface area contributed by atoms with Gasteiger partial charge in [-0.05, 0) is 57.7 Å². The van der Waals surface area contributed by atoms with E-state index in [1.54, 1.807) is 0 Å². The number of likely N-dealkylation sites (tertiary alicyclic amines) is 2. The van der Waals surface area contributed by atoms with Crippen molar-refractivity contribution >= 4 is 0 Å². The Morgan fingerprint density at radius 1 is 1.05 bits per heavy atom. The molecule has 0 spiro atoms. The highest BCUT2D eigenvalue weighted by Gasteiger charge is 2.25. The van der Waals surface area contributed by atoms with Crippen LogP contribution in [0.1, 0.15) is 45.4 Å². The molecule has 0 aromatic rings. The minimum absolute atomic E-state index is 0.248. The van der Waals surface area contributed by atoms with E-state index in [0.29, 0.717) is 6.04 Å². The highest BCUT2D eigenvalue weighted by molar-refractivity contribution is 4.80. The summed E-state index contributed by atoms with van der Waals surface area (Å²) in [5.74, 6) is 0.847. The van der Waals surface area contributed by atoms with E-state index in [-0.39, 0.29) is 12.7 Å². The van der Waals surface area contributed by atoms with Crippen LogP contribution in [0, 0.1) is 5.92 Å². The molecule has 0 aliphatic carbocycles. The minimum Gasteiger partial charge on any atom is -0.396 e. The molecule has 2 atom stereocenters. The van der Waals surface area contributed by atoms with E-state index in [1.807, 2.05) is 0 Å². The van der Waals surface area contributed by atoms with Crippen LogP contribution >= 0.6 is 0 Å². The second kappa shape index (κ2) is 8.32. The van der Waals surface area contributed by atoms with Crippen LogP contribution in [0.3, 0.4) is 0 Å². The predicted molar refractivity (Wildman–Crippen MR) is 81.8 cm³/mol. The highest BCUT2D eigenvalue weighted by Crippen LogP contribution is 2.20. The standard InChI is InChI=1S/C16H32N2O2/c1-14-5-9-17(10-6-14)12-16(20)13-18-8-3-2-4-15(18)7-11-19/h14-16,19-20H,2-13H2,1H3. The molecular formula is C16H32N2O2. The SMILES string of the molecule is CC1CCN(CC(O)CN2CCCCC2CCO)CC1. The molecule has 2 heterocycles. The number of piperidine rings is 2. The molecule has 2 N–H and O–H groups in total. The zero-order valence-electron chi connectivity index (χ0n) is 13.0. The molecule has 4 nitrogen and oxygen atoms in total. The lowest BCUT2D eigenvalue weighted by Crippen LogP contribution is -2.47. The van der Waals surface area contributed by atoms with Crippen molar-refractivity contribution in [2.24, 2.45) is 5.92 Å². The fourth-order valence-electron chi connectivity index (χ4n) is 3.65. The van der Waals surface area contributed by atoms with Gasteiger partial charge in [0.25, 0.3) is 0 Å². The molecule has 2 saturated heterocycles. The van der Waals surface area contributed by atoms with Gasteiger partial charge in [0.15, 0.2) is 0 Å². The summed E-state index contributed by atoms with van der Waals surface area (Å²) >= 11 is 0. The summed E-state index contributed by atoms with van der Waals surface area (Å²) in [5.41, 5.74) is 0. The van der Waals surface area contributed by atoms with Gasteiger partial charge in [-0.25, -0.2) is 0 Å². The smallest absolute Gasteiger partial charge is 0.0793 e. The Bertz CT molecular complexity index is 265. The summed E-state index contributed by atoms with van der Waals surface area (Å²) in [6, 6.07) is 0.477. The summed E-state index contributed by atoms with van der Waals surface area (Å²) < 4.78 is 0. The van der Waals surface area contributed by atoms with E-state index in [1.165, 1.54) is 32.1 Å². The van der Waals surface area contributed by atoms with Crippen LogP contribution in [0.4, 0.5) is 0 Å². The maximum atomic E-state index is 10.4. The summed E-state index contributed by atoms with van der Waals surface area (Å²) in [4.78, 5) is 4.81. The molecule has 20 heavy (non-hydrogen) atoms. The predicted octanol–water partition coefficient (Wildman–Crippen LogP) is 1.32. The Hall–Kier alpha value is -0.160. The molecule has 4 heteroatoms. The number of nitrogens with zero attached hydrogens (tertiary/aromatic N) is 2. The minimum atomic E-state index is -0.248. The number of hydrogen-bond donors (Lipinski definition) is 2. The number of hydrogen-bond acceptors (Lipinski definition) is 4. The quantitative estimate of drug-likeness (QED) is 0.772. The Morgan fingerprint density at radius 2 is 1.80 bits per heavy atom. The van der Waals surface area contributed by atoms with Gasteiger partial charge in [0.2, 0.25) is 0 Å². The van der Waals surface area contributed by atoms with Crippen molar-refractivity contribution in [2.45, 2.75) is 57.6 Å². The maximum Gasteiger partial charge on any atom is 0.0793 e. The van der Waals surface area contributed by atoms with E-state index in [9.17, 15) is 5.11 Å². The average molecular weight is 284 g/mol. The van der Waals surface area contributed by atoms with E-state index < -0.39 is 0 Å². The molecule has 2 unspecified atom stereocenters. The summed E-state index contributed by atoms with van der Waals surface area (Å²) in [6.07, 6.45) is 6.81. The average Bonchev–Trinajstić information content (AvgIpc) is 2.44. The largest absolute Gasteiger partial charge is 0.396 e. The molecule has 118 valence electrons. The molecule has 0 amide bonds. The summed E-state index contributed by atoms with van der Waals surface area (Å²) in [6.45, 7) is 7.53. The lowest BCUT2D eigenvalue weighted by atomic mass is 9.98. The van der Waals surface area contributed by atoms with Gasteiger partial charge in [-0.15, -0.1) is 0 Å². The van der Waals surface area contributed by atoms with Crippen LogP contribution in [0.25, 0.3) is 0 Å². The fourth-order valence-corrected chi connectivity index (χ4v) is 3.65. The number of aliphatic hydroxyl groups excluding tert-OH is 2. The molecular weight excluding hydrogens is 252 g/mol. The fraction of sp³-hybridized carbons (Fsp3) is 1.00. The topological polar surface area (TPSA) is 46.9 Å². The van der Waals surface area contributed by atoms with Crippen LogP contribution in [-0.4, -0.2) is 71.5 Å². The third-order valence-corrected chi connectivity index (χ3v) is 5.00. The van der Waals surface area contributed by atoms with Crippen molar-refractivity contribution in [2.75, 3.05) is 39.3 Å². The van der Waals surface area contributed by atoms with Gasteiger partial charge >= 0.3 is 0 Å². The van der Waals surface area contributed by atoms with Crippen molar-refractivity contribution in [1.29, 1.82) is 0 Å². The summed E-state index contributed by atoms with van der Waals surface area (Å²) in [5, 5.41) is 19.5. The van der Waals surface area contributed by atoms with Gasteiger partial charge in [0, 0.05) is 25.7 Å². The Morgan fingerprint density at radius 3 is 2.50 bits per heavy atom. The van der Waals surface area contributed by atoms with Crippen molar-refractivity contribution in [3.05, 3.63) is 0 Å². The molecule has 2 aliphatic rings. The normalized spacial score (nSPS) is 28.6. The number of rotatable bonds is 6. The first-order valence-electron chi connectivity index (χ1n) is 8.44. The van der Waals surface area contributed by atoms with Gasteiger partial charge in [0.1, 0.15) is 0 Å². The lowest BCUT2D eigenvalue weighted by molar-refractivity contribution is 0.0311. The van der Waals surface area contributed by atoms with Gasteiger partial charge in [-0.2, -0.15) is 0 Å². The van der Waals surface area contributed by atoms with Crippen LogP contribution in [-0.2, 0) is 0 Å². The maximum absolute atomic E-state index is 10.4. The van der Waals surface area contributed by atoms with Gasteiger partial charge < -0.3 is 15.1 Å². The van der Waals surface area contributed by atoms with Crippen molar-refractivity contribution in [3.63, 3.8) is 0 Å². The van der Waals surface area contributed by atoms with Crippen LogP contribution in [0.15, 0.2) is 0 Å². The van der Waals surface area contributed by atoms with Crippen molar-refractivity contribution in [1.82, 2.24) is 9.80 Å². The summed E-state index contributed by atoms with van der Waals surface area (Å²) in [7, 11) is 0. The number of β-amino-alcohol motifs (C(OH)–C–C–N with tert-alkyl or cyclic N) is 1. The third-order valence-electron chi connectivity index (χ3n) is 5.00. The van der Waals surface area contributed by atoms with E-state index >= 15 is 0 Å². The van der Waals surface area contributed by atoms with E-state index in [0.717, 1.165) is 45.1 Å². The molecule has 0 saturated carbocycles. The van der Waals surface area contributed by atoms with Gasteiger partial charge in [-0.3, -0.25) is 4.90 Å². The second-order valence-electron chi connectivity index (χ2n) is 6.79. The molecule has 2 aliphatic heterocycles. The molecule has 0 bridgehead atoms. The first-order chi connectivity index (χ1) is 9.69. The second-order valence-corrected chi connectivity index (χ2v) is 6.79. The lowest BCUT2D eigenvalue weighted by Gasteiger charge is -2.38. The first-order valence-corrected chi connectivity index (χ1v) is 8.44. The molecule has 0 aromatic carbocycles. The molecule has 2 fully saturated rings. The van der Waals surface area contributed by atoms with Crippen molar-refractivity contribution in [3.8, 4) is 0 Å². The van der Waals surface area contributed by atoms with Crippen LogP contribution in [0.2, 0.25) is 0 Å². The highest BCUT2D eigenvalue weighted by atomic mass is 16.3. The Balaban J connectivity index is 1.73. The number of aliphatic hydroxyl groups is 2. The van der Waals surface area contributed by atoms with Crippen LogP contribution in [0.5, 0.6) is 0 Å². The van der Waals surface area contributed by atoms with Gasteiger partial charge in [0.05, 0.1) is 6.10 Å². The monoisotopic (exact) mass is 284 g/mol. The Labute approximate surface area is 123 Å². The van der Waals surface area contributed by atoms with Crippen molar-refractivity contribution < 1.29 is 10.2 Å². The van der Waals surface area contributed by atoms with Gasteiger partial charge in [-0.1, -0.05) is 13.3 Å². The van der Waals surface area contributed by atoms with E-state index in [2.05, 4.69) is 16.7 Å². The zero-order valence-corrected chi connectivity index (χ0v) is 13.0.